The first kappa shape index (κ1) is 33.7. The lowest BCUT2D eigenvalue weighted by atomic mass is 10.0. The maximum absolute atomic E-state index is 12.6. The Morgan fingerprint density at radius 2 is 1.02 bits per heavy atom. The lowest BCUT2D eigenvalue weighted by Gasteiger charge is -2.12. The molecule has 0 aliphatic heterocycles. The van der Waals surface area contributed by atoms with Crippen LogP contribution >= 0.6 is 22.7 Å². The van der Waals surface area contributed by atoms with Gasteiger partial charge in [-0.3, -0.25) is 19.2 Å². The number of thiophene rings is 2. The van der Waals surface area contributed by atoms with Crippen LogP contribution in [0.15, 0.2) is 36.4 Å². The van der Waals surface area contributed by atoms with E-state index in [0.29, 0.717) is 46.0 Å². The number of hydrogen-bond acceptors (Lipinski definition) is 10. The van der Waals surface area contributed by atoms with Crippen molar-refractivity contribution in [3.8, 4) is 23.0 Å². The molecular weight excluding hydrogens is 620 g/mol. The van der Waals surface area contributed by atoms with E-state index in [-0.39, 0.29) is 24.4 Å². The number of unbranched alkanes of at least 4 members (excludes halogenated alkanes) is 2. The quantitative estimate of drug-likeness (QED) is 0.0823. The minimum atomic E-state index is -0.997. The Kier molecular flexibility index (Phi) is 11.4. The number of carboxylic acids is 2. The Balaban J connectivity index is 1.28. The van der Waals surface area contributed by atoms with E-state index < -0.39 is 23.8 Å². The minimum absolute atomic E-state index is 0.0563. The largest absolute Gasteiger partial charge is 0.493 e. The zero-order valence-electron chi connectivity index (χ0n) is 25.5. The molecule has 45 heavy (non-hydrogen) atoms. The smallest absolute Gasteiger partial charge is 0.306 e. The number of methoxy groups -OCH3 is 2. The maximum Gasteiger partial charge on any atom is 0.306 e. The second-order valence-corrected chi connectivity index (χ2v) is 13.0. The van der Waals surface area contributed by atoms with E-state index in [0.717, 1.165) is 39.4 Å². The predicted molar refractivity (Wildman–Crippen MR) is 173 cm³/mol. The van der Waals surface area contributed by atoms with Crippen LogP contribution in [0.2, 0.25) is 0 Å². The summed E-state index contributed by atoms with van der Waals surface area (Å²) in [6.45, 7) is 3.94. The summed E-state index contributed by atoms with van der Waals surface area (Å²) in [6.07, 6.45) is 2.27. The van der Waals surface area contributed by atoms with E-state index in [2.05, 4.69) is 0 Å². The van der Waals surface area contributed by atoms with Crippen molar-refractivity contribution in [3.63, 3.8) is 0 Å². The third-order valence-corrected chi connectivity index (χ3v) is 9.56. The Labute approximate surface area is 268 Å². The number of benzene rings is 2. The normalized spacial score (nSPS) is 12.5. The molecule has 2 N–H and O–H groups in total. The number of hydrogen-bond donors (Lipinski definition) is 2. The predicted octanol–water partition coefficient (Wildman–Crippen LogP) is 7.35. The summed E-state index contributed by atoms with van der Waals surface area (Å²) in [7, 11) is 3.11. The van der Waals surface area contributed by atoms with Crippen molar-refractivity contribution in [2.45, 2.75) is 46.0 Å². The van der Waals surface area contributed by atoms with Gasteiger partial charge in [0.05, 0.1) is 49.0 Å². The van der Waals surface area contributed by atoms with Crippen molar-refractivity contribution in [3.05, 3.63) is 46.2 Å². The Morgan fingerprint density at radius 1 is 0.622 bits per heavy atom. The summed E-state index contributed by atoms with van der Waals surface area (Å²) in [5, 5.41) is 19.9. The van der Waals surface area contributed by atoms with Gasteiger partial charge in [-0.2, -0.15) is 0 Å². The average Bonchev–Trinajstić information content (AvgIpc) is 3.63. The van der Waals surface area contributed by atoms with E-state index in [1.807, 2.05) is 24.3 Å². The first-order valence-corrected chi connectivity index (χ1v) is 16.1. The van der Waals surface area contributed by atoms with E-state index in [4.69, 9.17) is 29.2 Å². The van der Waals surface area contributed by atoms with Gasteiger partial charge in [0.2, 0.25) is 0 Å². The highest BCUT2D eigenvalue weighted by Crippen LogP contribution is 2.38. The molecule has 0 aliphatic rings. The Morgan fingerprint density at radius 3 is 1.38 bits per heavy atom. The van der Waals surface area contributed by atoms with Crippen LogP contribution in [0, 0.1) is 11.8 Å². The van der Waals surface area contributed by atoms with Gasteiger partial charge in [-0.15, -0.1) is 22.7 Å². The summed E-state index contributed by atoms with van der Waals surface area (Å²) < 4.78 is 24.7. The highest BCUT2D eigenvalue weighted by molar-refractivity contribution is 7.21. The molecule has 4 rings (SSSR count). The van der Waals surface area contributed by atoms with Gasteiger partial charge in [-0.25, -0.2) is 0 Å². The molecule has 4 aromatic rings. The summed E-state index contributed by atoms with van der Waals surface area (Å²) >= 11 is 2.61. The summed E-state index contributed by atoms with van der Waals surface area (Å²) in [6, 6.07) is 10.9. The number of carbonyl (C=O) groups is 4. The maximum atomic E-state index is 12.6. The van der Waals surface area contributed by atoms with Crippen LogP contribution in [-0.2, 0) is 9.59 Å². The van der Waals surface area contributed by atoms with Gasteiger partial charge in [-0.05, 0) is 54.3 Å². The first-order valence-electron chi connectivity index (χ1n) is 14.5. The molecule has 0 unspecified atom stereocenters. The van der Waals surface area contributed by atoms with Crippen molar-refractivity contribution in [2.75, 3.05) is 27.4 Å². The molecule has 2 atom stereocenters. The van der Waals surface area contributed by atoms with Gasteiger partial charge in [0.1, 0.15) is 0 Å². The van der Waals surface area contributed by atoms with E-state index in [1.54, 1.807) is 26.4 Å². The summed E-state index contributed by atoms with van der Waals surface area (Å²) in [5.74, 6) is -1.64. The van der Waals surface area contributed by atoms with Crippen LogP contribution in [0.3, 0.4) is 0 Å². The molecule has 240 valence electrons. The molecule has 12 heteroatoms. The number of Topliss-reactive ketones (excluding diaryl/α,β-unsaturated/α-hetero) is 2. The average molecular weight is 657 g/mol. The molecule has 2 aromatic heterocycles. The zero-order chi connectivity index (χ0) is 32.7. The van der Waals surface area contributed by atoms with E-state index in [1.165, 1.54) is 36.5 Å². The molecule has 0 saturated carbocycles. The van der Waals surface area contributed by atoms with Gasteiger partial charge in [0.25, 0.3) is 0 Å². The van der Waals surface area contributed by atoms with Crippen LogP contribution in [0.25, 0.3) is 20.2 Å². The topological polar surface area (TPSA) is 146 Å². The fourth-order valence-corrected chi connectivity index (χ4v) is 6.63. The molecule has 0 aliphatic carbocycles. The van der Waals surface area contributed by atoms with E-state index in [9.17, 15) is 19.2 Å². The number of carbonyl (C=O) groups excluding carboxylic acids is 2. The van der Waals surface area contributed by atoms with Crippen LogP contribution < -0.4 is 18.9 Å². The van der Waals surface area contributed by atoms with E-state index >= 15 is 0 Å². The minimum Gasteiger partial charge on any atom is -0.493 e. The monoisotopic (exact) mass is 656 g/mol. The Hall–Kier alpha value is -4.16. The van der Waals surface area contributed by atoms with Gasteiger partial charge < -0.3 is 29.2 Å². The molecular formula is C33H36O10S2. The van der Waals surface area contributed by atoms with Gasteiger partial charge in [0, 0.05) is 34.4 Å². The number of fused-ring (bicyclic) bond motifs is 2. The van der Waals surface area contributed by atoms with Gasteiger partial charge in [-0.1, -0.05) is 13.8 Å². The number of rotatable bonds is 18. The van der Waals surface area contributed by atoms with Crippen molar-refractivity contribution < 1.29 is 48.3 Å². The molecule has 0 saturated heterocycles. The molecule has 0 fully saturated rings. The number of carboxylic acid groups (broad SMARTS) is 2. The SMILES string of the molecule is COc1cc2sc(C(=O)C[C@H](C)C(=O)O)cc2cc1OCCCCCOc1cc2cc(C(=O)C[C@H](C)C(=O)O)sc2cc1OC. The second-order valence-electron chi connectivity index (χ2n) is 10.8. The van der Waals surface area contributed by atoms with Crippen LogP contribution in [0.5, 0.6) is 23.0 Å². The van der Waals surface area contributed by atoms with Crippen LogP contribution in [0.1, 0.15) is 65.3 Å². The number of aliphatic carboxylic acids is 2. The zero-order valence-corrected chi connectivity index (χ0v) is 27.2. The third kappa shape index (κ3) is 8.52. The van der Waals surface area contributed by atoms with Crippen molar-refractivity contribution in [2.24, 2.45) is 11.8 Å². The van der Waals surface area contributed by atoms with Crippen molar-refractivity contribution in [1.29, 1.82) is 0 Å². The number of ketones is 2. The first-order chi connectivity index (χ1) is 21.5. The third-order valence-electron chi connectivity index (χ3n) is 7.28. The molecule has 0 spiro atoms. The second kappa shape index (κ2) is 15.2. The van der Waals surface area contributed by atoms with Gasteiger partial charge in [0.15, 0.2) is 34.6 Å². The molecule has 2 heterocycles. The molecule has 0 amide bonds. The lowest BCUT2D eigenvalue weighted by molar-refractivity contribution is -0.141. The summed E-state index contributed by atoms with van der Waals surface area (Å²) in [5.41, 5.74) is 0. The highest BCUT2D eigenvalue weighted by atomic mass is 32.1. The molecule has 2 aromatic carbocycles. The fraction of sp³-hybridized carbons (Fsp3) is 0.394. The Bertz CT molecular complexity index is 1580. The standard InChI is InChI=1S/C33H36O10S2/c1-18(32(36)37)10-22(34)30-14-20-12-26(24(40-3)16-28(20)44-30)42-8-6-5-7-9-43-27-13-21-15-31(23(35)11-19(2)33(38)39)45-29(21)17-25(27)41-4/h12-19H,5-11H2,1-4H3,(H,36,37)(H,38,39)/t18-,19-/m0/s1. The van der Waals surface area contributed by atoms with Crippen LogP contribution in [0.4, 0.5) is 0 Å². The fourth-order valence-electron chi connectivity index (χ4n) is 4.59. The lowest BCUT2D eigenvalue weighted by Crippen LogP contribution is -2.13. The van der Waals surface area contributed by atoms with Crippen LogP contribution in [-0.4, -0.2) is 61.2 Å². The van der Waals surface area contributed by atoms with Gasteiger partial charge >= 0.3 is 11.9 Å². The molecule has 0 bridgehead atoms. The summed E-state index contributed by atoms with van der Waals surface area (Å²) in [4.78, 5) is 48.4. The van der Waals surface area contributed by atoms with Crippen molar-refractivity contribution in [1.82, 2.24) is 0 Å². The number of ether oxygens (including phenoxy) is 4. The van der Waals surface area contributed by atoms with Crippen molar-refractivity contribution >= 4 is 66.4 Å². The highest BCUT2D eigenvalue weighted by Gasteiger charge is 2.21. The molecule has 0 radical (unpaired) electrons. The molecule has 10 nitrogen and oxygen atoms in total.